The Balaban J connectivity index is 0.000000845. The Hall–Kier alpha value is 0.758. The van der Waals surface area contributed by atoms with Gasteiger partial charge in [0, 0.05) is 71.5 Å². The standard InChI is InChI=1S/C8H8N4.2Y/c1-6(2)12-5-11-8-7(12)3-9-4-10-8;;/h5-6H,1-2H3;;/q-2;;. The molecule has 0 aromatic carbocycles. The largest absolute Gasteiger partial charge is 0.522 e. The molecule has 6 heteroatoms. The van der Waals surface area contributed by atoms with E-state index in [1.807, 2.05) is 4.57 Å². The molecule has 2 rings (SSSR count). The molecule has 2 heterocycles. The van der Waals surface area contributed by atoms with E-state index in [0.717, 1.165) is 5.52 Å². The molecule has 0 amide bonds. The van der Waals surface area contributed by atoms with Crippen LogP contribution in [-0.4, -0.2) is 19.5 Å². The quantitative estimate of drug-likeness (QED) is 0.729. The molecule has 0 atom stereocenters. The summed E-state index contributed by atoms with van der Waals surface area (Å²) in [5.41, 5.74) is 1.49. The van der Waals surface area contributed by atoms with Crippen LogP contribution in [0.5, 0.6) is 0 Å². The molecule has 0 aliphatic heterocycles. The summed E-state index contributed by atoms with van der Waals surface area (Å²) >= 11 is 0. The van der Waals surface area contributed by atoms with Gasteiger partial charge in [-0.25, -0.2) is 6.20 Å². The first-order valence-electron chi connectivity index (χ1n) is 3.77. The second kappa shape index (κ2) is 6.36. The molecule has 0 aliphatic rings. The first-order chi connectivity index (χ1) is 5.79. The van der Waals surface area contributed by atoms with Crippen molar-refractivity contribution in [3.63, 3.8) is 0 Å². The Kier molecular flexibility index (Phi) is 6.71. The van der Waals surface area contributed by atoms with Crippen LogP contribution < -0.4 is 0 Å². The molecule has 68 valence electrons. The molecule has 0 saturated carbocycles. The van der Waals surface area contributed by atoms with Gasteiger partial charge in [0.25, 0.3) is 0 Å². The van der Waals surface area contributed by atoms with Gasteiger partial charge in [0.1, 0.15) is 0 Å². The first kappa shape index (κ1) is 14.8. The molecule has 0 bridgehead atoms. The van der Waals surface area contributed by atoms with Crippen molar-refractivity contribution in [2.45, 2.75) is 19.9 Å². The number of rotatable bonds is 1. The van der Waals surface area contributed by atoms with E-state index in [4.69, 9.17) is 0 Å². The molecule has 2 radical (unpaired) electrons. The van der Waals surface area contributed by atoms with Gasteiger partial charge in [0.15, 0.2) is 0 Å². The fourth-order valence-electron chi connectivity index (χ4n) is 1.08. The van der Waals surface area contributed by atoms with Gasteiger partial charge in [-0.3, -0.25) is 0 Å². The van der Waals surface area contributed by atoms with Crippen LogP contribution in [0.1, 0.15) is 19.9 Å². The van der Waals surface area contributed by atoms with Crippen LogP contribution in [0.25, 0.3) is 11.2 Å². The van der Waals surface area contributed by atoms with E-state index in [0.29, 0.717) is 11.7 Å². The molecule has 0 unspecified atom stereocenters. The first-order valence-corrected chi connectivity index (χ1v) is 3.77. The van der Waals surface area contributed by atoms with E-state index in [9.17, 15) is 0 Å². The average Bonchev–Trinajstić information content (AvgIpc) is 2.47. The second-order valence-electron chi connectivity index (χ2n) is 2.85. The Morgan fingerprint density at radius 3 is 2.71 bits per heavy atom. The molecule has 2 aromatic heterocycles. The molecule has 14 heavy (non-hydrogen) atoms. The van der Waals surface area contributed by atoms with E-state index in [2.05, 4.69) is 41.3 Å². The predicted molar refractivity (Wildman–Crippen MR) is 43.4 cm³/mol. The van der Waals surface area contributed by atoms with E-state index in [1.165, 1.54) is 0 Å². The van der Waals surface area contributed by atoms with Crippen molar-refractivity contribution in [3.05, 3.63) is 18.9 Å². The van der Waals surface area contributed by atoms with Crippen LogP contribution in [0.15, 0.2) is 6.33 Å². The molecule has 0 saturated heterocycles. The summed E-state index contributed by atoms with van der Waals surface area (Å²) < 4.78 is 1.98. The molecule has 0 aliphatic carbocycles. The Morgan fingerprint density at radius 1 is 1.36 bits per heavy atom. The molecular formula is C8H8N4Y2-2. The van der Waals surface area contributed by atoms with Crippen molar-refractivity contribution in [2.75, 3.05) is 0 Å². The third-order valence-corrected chi connectivity index (χ3v) is 1.70. The summed E-state index contributed by atoms with van der Waals surface area (Å²) in [6, 6.07) is 0.359. The zero-order chi connectivity index (χ0) is 8.55. The van der Waals surface area contributed by atoms with E-state index in [1.54, 1.807) is 6.33 Å². The van der Waals surface area contributed by atoms with Gasteiger partial charge in [0.2, 0.25) is 0 Å². The van der Waals surface area contributed by atoms with Crippen molar-refractivity contribution in [2.24, 2.45) is 0 Å². The zero-order valence-corrected chi connectivity index (χ0v) is 13.8. The average molecular weight is 338 g/mol. The second-order valence-corrected chi connectivity index (χ2v) is 2.85. The number of hydrogen-bond acceptors (Lipinski definition) is 3. The normalized spacial score (nSPS) is 9.64. The third kappa shape index (κ3) is 2.88. The molecule has 2 aromatic rings. The summed E-state index contributed by atoms with van der Waals surface area (Å²) in [5.74, 6) is 0. The van der Waals surface area contributed by atoms with Gasteiger partial charge < -0.3 is 19.5 Å². The van der Waals surface area contributed by atoms with Gasteiger partial charge in [-0.15, -0.1) is 5.52 Å². The molecule has 0 fully saturated rings. The predicted octanol–water partition coefficient (Wildman–Crippen LogP) is 1.00. The number of fused-ring (bicyclic) bond motifs is 1. The van der Waals surface area contributed by atoms with Crippen molar-refractivity contribution in [1.29, 1.82) is 0 Å². The van der Waals surface area contributed by atoms with Gasteiger partial charge in [0.05, 0.1) is 6.33 Å². The van der Waals surface area contributed by atoms with E-state index in [-0.39, 0.29) is 65.4 Å². The van der Waals surface area contributed by atoms with Gasteiger partial charge in [-0.2, -0.15) is 6.33 Å². The Bertz CT molecular complexity index is 399. The maximum atomic E-state index is 4.09. The van der Waals surface area contributed by atoms with Gasteiger partial charge in [-0.1, -0.05) is 5.65 Å². The smallest absolute Gasteiger partial charge is 0.0684 e. The fraction of sp³-hybridized carbons (Fsp3) is 0.375. The summed E-state index contributed by atoms with van der Waals surface area (Å²) in [7, 11) is 0. The van der Waals surface area contributed by atoms with Crippen molar-refractivity contribution >= 4 is 11.2 Å². The van der Waals surface area contributed by atoms with E-state index >= 15 is 0 Å². The van der Waals surface area contributed by atoms with Crippen LogP contribution in [0.4, 0.5) is 0 Å². The number of hydrogen-bond donors (Lipinski definition) is 0. The summed E-state index contributed by atoms with van der Waals surface area (Å²) in [5, 5.41) is 0. The Labute approximate surface area is 133 Å². The van der Waals surface area contributed by atoms with Crippen LogP contribution >= 0.6 is 0 Å². The molecular weight excluding hydrogens is 330 g/mol. The molecule has 0 N–H and O–H groups in total. The minimum Gasteiger partial charge on any atom is -0.522 e. The van der Waals surface area contributed by atoms with Gasteiger partial charge >= 0.3 is 0 Å². The van der Waals surface area contributed by atoms with Crippen LogP contribution in [0.3, 0.4) is 0 Å². The molecule has 4 nitrogen and oxygen atoms in total. The summed E-state index contributed by atoms with van der Waals surface area (Å²) in [4.78, 5) is 11.7. The maximum Gasteiger partial charge on any atom is 0.0684 e. The van der Waals surface area contributed by atoms with E-state index < -0.39 is 0 Å². The SMILES string of the molecule is CC(C)n1cnc2n[c-]n[c-]c21.[Y].[Y]. The van der Waals surface area contributed by atoms with Gasteiger partial charge in [-0.05, 0) is 13.8 Å². The zero-order valence-electron chi connectivity index (χ0n) is 8.10. The third-order valence-electron chi connectivity index (χ3n) is 1.70. The number of imidazole rings is 1. The Morgan fingerprint density at radius 2 is 2.07 bits per heavy atom. The van der Waals surface area contributed by atoms with Crippen LogP contribution in [-0.2, 0) is 65.4 Å². The fourth-order valence-corrected chi connectivity index (χ4v) is 1.08. The minimum atomic E-state index is 0. The maximum absolute atomic E-state index is 4.09. The monoisotopic (exact) mass is 338 g/mol. The van der Waals surface area contributed by atoms with Crippen LogP contribution in [0.2, 0.25) is 0 Å². The number of aromatic nitrogens is 4. The van der Waals surface area contributed by atoms with Crippen LogP contribution in [0, 0.1) is 12.5 Å². The topological polar surface area (TPSA) is 43.6 Å². The molecule has 0 spiro atoms. The van der Waals surface area contributed by atoms with Crippen molar-refractivity contribution in [1.82, 2.24) is 19.5 Å². The number of nitrogens with zero attached hydrogens (tertiary/aromatic N) is 4. The minimum absolute atomic E-state index is 0. The summed E-state index contributed by atoms with van der Waals surface area (Å²) in [6.07, 6.45) is 7.01. The van der Waals surface area contributed by atoms with Crippen molar-refractivity contribution in [3.8, 4) is 0 Å². The summed E-state index contributed by atoms with van der Waals surface area (Å²) in [6.45, 7) is 4.15. The van der Waals surface area contributed by atoms with Crippen molar-refractivity contribution < 1.29 is 65.4 Å².